The van der Waals surface area contributed by atoms with Crippen LogP contribution in [0.2, 0.25) is 0 Å². The van der Waals surface area contributed by atoms with Gasteiger partial charge in [-0.05, 0) is 43.5 Å². The molecule has 0 aliphatic carbocycles. The summed E-state index contributed by atoms with van der Waals surface area (Å²) in [7, 11) is 3.45. The molecule has 0 fully saturated rings. The summed E-state index contributed by atoms with van der Waals surface area (Å²) in [6.45, 7) is 3.29. The molecule has 4 aromatic rings. The summed E-state index contributed by atoms with van der Waals surface area (Å²) in [5.41, 5.74) is 9.94. The highest BCUT2D eigenvalue weighted by Gasteiger charge is 2.20. The Bertz CT molecular complexity index is 1450. The Labute approximate surface area is 214 Å². The van der Waals surface area contributed by atoms with Crippen molar-refractivity contribution < 1.29 is 9.72 Å². The summed E-state index contributed by atoms with van der Waals surface area (Å²) in [5, 5.41) is 14.3. The lowest BCUT2D eigenvalue weighted by Gasteiger charge is -2.13. The van der Waals surface area contributed by atoms with E-state index in [1.54, 1.807) is 37.3 Å². The number of imidazole rings is 1. The molecule has 3 aromatic heterocycles. The number of hydrogen-bond donors (Lipinski definition) is 2. The predicted octanol–water partition coefficient (Wildman–Crippen LogP) is 4.09. The van der Waals surface area contributed by atoms with E-state index in [4.69, 9.17) is 10.7 Å². The van der Waals surface area contributed by atoms with Crippen LogP contribution in [0.25, 0.3) is 22.1 Å². The maximum absolute atomic E-state index is 12.6. The van der Waals surface area contributed by atoms with E-state index in [9.17, 15) is 14.9 Å². The van der Waals surface area contributed by atoms with Crippen LogP contribution in [0.4, 0.5) is 17.2 Å². The number of aryl methyl sites for hydroxylation is 2. The van der Waals surface area contributed by atoms with E-state index < -0.39 is 4.92 Å². The van der Waals surface area contributed by atoms with E-state index in [0.29, 0.717) is 30.1 Å². The Hall–Kier alpha value is -4.28. The molecule has 4 rings (SSSR count). The maximum atomic E-state index is 12.6. The number of nitrogens with one attached hydrogen (secondary N) is 1. The topological polar surface area (TPSA) is 145 Å². The minimum absolute atomic E-state index is 0.0983. The van der Waals surface area contributed by atoms with E-state index in [1.165, 1.54) is 6.07 Å². The van der Waals surface area contributed by atoms with E-state index in [2.05, 4.69) is 26.8 Å². The van der Waals surface area contributed by atoms with E-state index in [1.807, 2.05) is 12.1 Å². The highest BCUT2D eigenvalue weighted by atomic mass is 16.6. The molecule has 0 atom stereocenters. The van der Waals surface area contributed by atoms with Gasteiger partial charge in [-0.25, -0.2) is 9.97 Å². The molecule has 1 aromatic carbocycles. The van der Waals surface area contributed by atoms with Gasteiger partial charge in [-0.2, -0.15) is 0 Å². The Morgan fingerprint density at radius 1 is 1.16 bits per heavy atom. The van der Waals surface area contributed by atoms with Gasteiger partial charge >= 0.3 is 0 Å². The van der Waals surface area contributed by atoms with Gasteiger partial charge in [0.05, 0.1) is 10.4 Å². The van der Waals surface area contributed by atoms with Crippen LogP contribution in [0, 0.1) is 10.1 Å². The van der Waals surface area contributed by atoms with Crippen LogP contribution < -0.4 is 16.0 Å². The lowest BCUT2D eigenvalue weighted by molar-refractivity contribution is -0.384. The van der Waals surface area contributed by atoms with Crippen molar-refractivity contribution in [1.29, 1.82) is 0 Å². The second-order valence-electron chi connectivity index (χ2n) is 9.17. The molecule has 3 N–H and O–H groups in total. The molecule has 194 valence electrons. The second-order valence-corrected chi connectivity index (χ2v) is 9.17. The third kappa shape index (κ3) is 5.45. The third-order valence-corrected chi connectivity index (χ3v) is 6.30. The van der Waals surface area contributed by atoms with Crippen molar-refractivity contribution in [3.63, 3.8) is 0 Å². The fourth-order valence-corrected chi connectivity index (χ4v) is 4.42. The van der Waals surface area contributed by atoms with Gasteiger partial charge < -0.3 is 20.5 Å². The van der Waals surface area contributed by atoms with Crippen LogP contribution in [-0.2, 0) is 13.0 Å². The molecule has 0 saturated carbocycles. The summed E-state index contributed by atoms with van der Waals surface area (Å²) in [6.07, 6.45) is 6.15. The van der Waals surface area contributed by atoms with Gasteiger partial charge in [-0.3, -0.25) is 19.9 Å². The van der Waals surface area contributed by atoms with Crippen molar-refractivity contribution in [1.82, 2.24) is 24.8 Å². The lowest BCUT2D eigenvalue weighted by atomic mass is 10.1. The largest absolute Gasteiger partial charge is 0.382 e. The van der Waals surface area contributed by atoms with Gasteiger partial charge in [0.2, 0.25) is 0 Å². The van der Waals surface area contributed by atoms with Crippen LogP contribution in [-0.4, -0.2) is 51.0 Å². The van der Waals surface area contributed by atoms with Crippen molar-refractivity contribution in [2.75, 3.05) is 31.3 Å². The number of hydrogen-bond acceptors (Lipinski definition) is 8. The number of nitrogens with zero attached hydrogens (tertiary/aromatic N) is 6. The first-order valence-electron chi connectivity index (χ1n) is 12.4. The Kier molecular flexibility index (Phi) is 7.80. The molecule has 11 nitrogen and oxygen atoms in total. The van der Waals surface area contributed by atoms with Crippen LogP contribution in [0.5, 0.6) is 0 Å². The van der Waals surface area contributed by atoms with Gasteiger partial charge in [0.25, 0.3) is 11.6 Å². The quantitative estimate of drug-likeness (QED) is 0.176. The number of aromatic nitrogens is 4. The standard InChI is InChI=1S/C26H32N8O3/c1-4-5-10-21-31-23-24(22-18(30-25(23)27)9-8-14-28-22)33(21)15-7-6-13-29-26(35)17-11-12-19(32(2)3)20(16-17)34(36)37/h8-9,11-12,14,16H,4-7,10,13,15H2,1-3H3,(H2,27,30)(H,29,35). The molecule has 0 unspecified atom stereocenters. The number of nitrogens with two attached hydrogens (primary N) is 1. The van der Waals surface area contributed by atoms with Crippen molar-refractivity contribution in [2.45, 2.75) is 45.6 Å². The van der Waals surface area contributed by atoms with Crippen molar-refractivity contribution in [3.8, 4) is 0 Å². The van der Waals surface area contributed by atoms with Crippen LogP contribution >= 0.6 is 0 Å². The number of nitrogen functional groups attached to an aromatic ring is 1. The molecule has 37 heavy (non-hydrogen) atoms. The molecule has 3 heterocycles. The van der Waals surface area contributed by atoms with Crippen LogP contribution in [0.3, 0.4) is 0 Å². The van der Waals surface area contributed by atoms with Gasteiger partial charge in [-0.15, -0.1) is 0 Å². The maximum Gasteiger partial charge on any atom is 0.293 e. The van der Waals surface area contributed by atoms with Gasteiger partial charge in [-0.1, -0.05) is 13.3 Å². The number of benzene rings is 1. The Balaban J connectivity index is 1.46. The second kappa shape index (κ2) is 11.2. The average molecular weight is 505 g/mol. The Morgan fingerprint density at radius 2 is 1.97 bits per heavy atom. The fraction of sp³-hybridized carbons (Fsp3) is 0.385. The molecule has 11 heteroatoms. The van der Waals surface area contributed by atoms with E-state index in [-0.39, 0.29) is 17.2 Å². The first-order chi connectivity index (χ1) is 17.8. The number of carbonyl (C=O) groups excluding carboxylic acids is 1. The van der Waals surface area contributed by atoms with Crippen LogP contribution in [0.1, 0.15) is 48.8 Å². The van der Waals surface area contributed by atoms with Gasteiger partial charge in [0.15, 0.2) is 5.82 Å². The summed E-state index contributed by atoms with van der Waals surface area (Å²) < 4.78 is 2.18. The number of fused-ring (bicyclic) bond motifs is 3. The molecule has 0 spiro atoms. The number of anilines is 2. The van der Waals surface area contributed by atoms with Crippen molar-refractivity contribution in [3.05, 3.63) is 58.0 Å². The zero-order chi connectivity index (χ0) is 26.5. The minimum atomic E-state index is -0.474. The third-order valence-electron chi connectivity index (χ3n) is 6.30. The number of nitro benzene ring substituents is 1. The van der Waals surface area contributed by atoms with Crippen molar-refractivity contribution in [2.24, 2.45) is 0 Å². The predicted molar refractivity (Wildman–Crippen MR) is 145 cm³/mol. The highest BCUT2D eigenvalue weighted by Crippen LogP contribution is 2.29. The molecule has 0 aliphatic heterocycles. The molecular formula is C26H32N8O3. The van der Waals surface area contributed by atoms with E-state index >= 15 is 0 Å². The molecule has 0 aliphatic rings. The molecule has 0 bridgehead atoms. The number of rotatable bonds is 11. The number of amides is 1. The number of nitro groups is 1. The van der Waals surface area contributed by atoms with Gasteiger partial charge in [0.1, 0.15) is 28.1 Å². The normalized spacial score (nSPS) is 11.2. The monoisotopic (exact) mass is 504 g/mol. The van der Waals surface area contributed by atoms with Crippen molar-refractivity contribution >= 4 is 45.2 Å². The zero-order valence-electron chi connectivity index (χ0n) is 21.4. The summed E-state index contributed by atoms with van der Waals surface area (Å²) >= 11 is 0. The van der Waals surface area contributed by atoms with Crippen LogP contribution in [0.15, 0.2) is 36.5 Å². The Morgan fingerprint density at radius 3 is 2.70 bits per heavy atom. The lowest BCUT2D eigenvalue weighted by Crippen LogP contribution is -2.25. The first kappa shape index (κ1) is 25.8. The summed E-state index contributed by atoms with van der Waals surface area (Å²) in [4.78, 5) is 39.1. The minimum Gasteiger partial charge on any atom is -0.382 e. The molecular weight excluding hydrogens is 472 g/mol. The van der Waals surface area contributed by atoms with Gasteiger partial charge in [0, 0.05) is 51.4 Å². The first-order valence-corrected chi connectivity index (χ1v) is 12.4. The average Bonchev–Trinajstić information content (AvgIpc) is 3.25. The molecule has 0 saturated heterocycles. The SMILES string of the molecule is CCCCc1nc2c(N)nc3cccnc3c2n1CCCCNC(=O)c1ccc(N(C)C)c([N+](=O)[O-])c1. The smallest absolute Gasteiger partial charge is 0.293 e. The summed E-state index contributed by atoms with van der Waals surface area (Å²) in [5.74, 6) is 1.02. The molecule has 1 amide bonds. The van der Waals surface area contributed by atoms with E-state index in [0.717, 1.165) is 54.5 Å². The molecule has 0 radical (unpaired) electrons. The number of unbranched alkanes of at least 4 members (excludes halogenated alkanes) is 2. The summed E-state index contributed by atoms with van der Waals surface area (Å²) in [6, 6.07) is 8.25. The highest BCUT2D eigenvalue weighted by molar-refractivity contribution is 6.04. The fourth-order valence-electron chi connectivity index (χ4n) is 4.42. The zero-order valence-corrected chi connectivity index (χ0v) is 21.4. The number of pyridine rings is 2. The number of carbonyl (C=O) groups is 1.